The van der Waals surface area contributed by atoms with E-state index < -0.39 is 11.8 Å². The second-order valence-electron chi connectivity index (χ2n) is 0.792. The fraction of sp³-hybridized carbons (Fsp3) is 0. The highest BCUT2D eigenvalue weighted by atomic mass is 17.1. The van der Waals surface area contributed by atoms with Crippen LogP contribution in [0.5, 0.6) is 0 Å². The summed E-state index contributed by atoms with van der Waals surface area (Å²) in [5, 5.41) is 13.7. The quantitative estimate of drug-likeness (QED) is 0.158. The van der Waals surface area contributed by atoms with Gasteiger partial charge in [0.2, 0.25) is 5.84 Å². The zero-order chi connectivity index (χ0) is 5.86. The lowest BCUT2D eigenvalue weighted by Gasteiger charge is -1.86. The lowest BCUT2D eigenvalue weighted by Crippen LogP contribution is -2.23. The van der Waals surface area contributed by atoms with E-state index in [4.69, 9.17) is 10.7 Å². The normalized spacial score (nSPS) is 7.57. The van der Waals surface area contributed by atoms with Gasteiger partial charge in [-0.25, -0.2) is 4.79 Å². The number of nitrogens with one attached hydrogen (secondary N) is 1. The zero-order valence-electron chi connectivity index (χ0n) is 3.34. The number of carbonyl (C=O) groups is 1. The van der Waals surface area contributed by atoms with Gasteiger partial charge in [-0.2, -0.15) is 5.26 Å². The minimum atomic E-state index is -1.24. The molecular formula is C2H4N2O3. The summed E-state index contributed by atoms with van der Waals surface area (Å²) in [7, 11) is 0. The van der Waals surface area contributed by atoms with Crippen LogP contribution in [0.2, 0.25) is 0 Å². The second kappa shape index (κ2) is 2.14. The van der Waals surface area contributed by atoms with Gasteiger partial charge >= 0.3 is 5.97 Å². The van der Waals surface area contributed by atoms with Crippen molar-refractivity contribution in [3.63, 3.8) is 0 Å². The molecule has 0 atom stereocenters. The Morgan fingerprint density at radius 1 is 1.86 bits per heavy atom. The van der Waals surface area contributed by atoms with E-state index >= 15 is 0 Å². The first-order chi connectivity index (χ1) is 3.18. The molecule has 0 aromatic rings. The second-order valence-corrected chi connectivity index (χ2v) is 0.792. The number of amidine groups is 1. The largest absolute Gasteiger partial charge is 0.406 e. The molecule has 4 N–H and O–H groups in total. The monoisotopic (exact) mass is 104 g/mol. The van der Waals surface area contributed by atoms with Crippen molar-refractivity contribution in [2.75, 3.05) is 0 Å². The van der Waals surface area contributed by atoms with Gasteiger partial charge in [-0.1, -0.05) is 0 Å². The summed E-state index contributed by atoms with van der Waals surface area (Å²) in [4.78, 5) is 12.7. The van der Waals surface area contributed by atoms with E-state index in [0.717, 1.165) is 0 Å². The van der Waals surface area contributed by atoms with Crippen molar-refractivity contribution in [3.05, 3.63) is 0 Å². The summed E-state index contributed by atoms with van der Waals surface area (Å²) in [6.45, 7) is 0. The van der Waals surface area contributed by atoms with Crippen LogP contribution in [0.15, 0.2) is 0 Å². The van der Waals surface area contributed by atoms with Gasteiger partial charge in [0.1, 0.15) is 0 Å². The van der Waals surface area contributed by atoms with Crippen molar-refractivity contribution in [2.24, 2.45) is 5.73 Å². The Morgan fingerprint density at radius 2 is 2.29 bits per heavy atom. The number of hydrogen-bond donors (Lipinski definition) is 3. The summed E-state index contributed by atoms with van der Waals surface area (Å²) in [6, 6.07) is 0. The smallest absolute Gasteiger partial charge is 0.378 e. The van der Waals surface area contributed by atoms with E-state index in [1.165, 1.54) is 0 Å². The Labute approximate surface area is 39.1 Å². The van der Waals surface area contributed by atoms with Crippen LogP contribution >= 0.6 is 0 Å². The number of carbonyl (C=O) groups excluding carboxylic acids is 1. The van der Waals surface area contributed by atoms with Crippen LogP contribution in [-0.4, -0.2) is 17.1 Å². The van der Waals surface area contributed by atoms with E-state index in [9.17, 15) is 4.79 Å². The lowest BCUT2D eigenvalue weighted by atomic mass is 10.6. The van der Waals surface area contributed by atoms with E-state index in [1.54, 1.807) is 0 Å². The maximum atomic E-state index is 9.69. The molecule has 0 bridgehead atoms. The van der Waals surface area contributed by atoms with Crippen LogP contribution in [0.1, 0.15) is 0 Å². The van der Waals surface area contributed by atoms with Gasteiger partial charge in [-0.05, 0) is 0 Å². The van der Waals surface area contributed by atoms with Gasteiger partial charge in [-0.15, -0.1) is 0 Å². The molecule has 0 aliphatic heterocycles. The molecule has 0 rings (SSSR count). The lowest BCUT2D eigenvalue weighted by molar-refractivity contribution is -0.225. The maximum Gasteiger partial charge on any atom is 0.406 e. The molecule has 0 aromatic heterocycles. The Morgan fingerprint density at radius 3 is 2.29 bits per heavy atom. The molecule has 0 saturated heterocycles. The summed E-state index contributed by atoms with van der Waals surface area (Å²) >= 11 is 0. The summed E-state index contributed by atoms with van der Waals surface area (Å²) in [5.74, 6) is -2.05. The third-order valence-corrected chi connectivity index (χ3v) is 0.303. The van der Waals surface area contributed by atoms with Crippen LogP contribution in [0, 0.1) is 5.41 Å². The molecule has 0 unspecified atom stereocenters. The van der Waals surface area contributed by atoms with Crippen LogP contribution < -0.4 is 5.73 Å². The molecule has 0 aliphatic rings. The molecule has 0 radical (unpaired) electrons. The highest BCUT2D eigenvalue weighted by molar-refractivity contribution is 6.32. The molecule has 0 aliphatic carbocycles. The van der Waals surface area contributed by atoms with Gasteiger partial charge in [0.05, 0.1) is 0 Å². The Hall–Kier alpha value is -1.10. The maximum absolute atomic E-state index is 9.69. The third kappa shape index (κ3) is 1.72. The molecule has 0 spiro atoms. The predicted molar refractivity (Wildman–Crippen MR) is 20.6 cm³/mol. The Balaban J connectivity index is 3.58. The van der Waals surface area contributed by atoms with E-state index in [0.29, 0.717) is 0 Å². The van der Waals surface area contributed by atoms with Crippen molar-refractivity contribution in [3.8, 4) is 0 Å². The molecular weight excluding hydrogens is 100 g/mol. The fourth-order valence-corrected chi connectivity index (χ4v) is 0.0492. The van der Waals surface area contributed by atoms with Crippen molar-refractivity contribution in [2.45, 2.75) is 0 Å². The number of nitrogens with two attached hydrogens (primary N) is 1. The van der Waals surface area contributed by atoms with Crippen molar-refractivity contribution >= 4 is 11.8 Å². The third-order valence-electron chi connectivity index (χ3n) is 0.303. The molecule has 0 saturated carbocycles. The van der Waals surface area contributed by atoms with Gasteiger partial charge in [0.15, 0.2) is 0 Å². The van der Waals surface area contributed by atoms with Gasteiger partial charge in [0.25, 0.3) is 0 Å². The highest BCUT2D eigenvalue weighted by Crippen LogP contribution is 1.65. The first-order valence-electron chi connectivity index (χ1n) is 1.38. The average Bonchev–Trinajstić information content (AvgIpc) is 1.65. The zero-order valence-corrected chi connectivity index (χ0v) is 3.34. The van der Waals surface area contributed by atoms with E-state index in [1.807, 2.05) is 0 Å². The standard InChI is InChI=1S/C2H4N2O3/c3-1(4)2(5)7-6/h6H,(H3,3,4). The summed E-state index contributed by atoms with van der Waals surface area (Å²) in [5.41, 5.74) is 4.50. The topological polar surface area (TPSA) is 96.4 Å². The van der Waals surface area contributed by atoms with Crippen LogP contribution in [0.4, 0.5) is 0 Å². The Bertz CT molecular complexity index is 99.1. The molecule has 0 fully saturated rings. The first-order valence-corrected chi connectivity index (χ1v) is 1.38. The predicted octanol–water partition coefficient (Wildman–Crippen LogP) is -1.06. The van der Waals surface area contributed by atoms with Crippen molar-refractivity contribution in [1.29, 1.82) is 5.41 Å². The van der Waals surface area contributed by atoms with E-state index in [2.05, 4.69) is 10.6 Å². The molecule has 0 amide bonds. The number of rotatable bonds is 0. The average molecular weight is 104 g/mol. The minimum absolute atomic E-state index is 0.817. The summed E-state index contributed by atoms with van der Waals surface area (Å²) < 4.78 is 0. The van der Waals surface area contributed by atoms with Crippen LogP contribution in [0.3, 0.4) is 0 Å². The molecule has 0 heterocycles. The highest BCUT2D eigenvalue weighted by Gasteiger charge is 2.02. The van der Waals surface area contributed by atoms with E-state index in [-0.39, 0.29) is 0 Å². The number of hydrogen-bond acceptors (Lipinski definition) is 4. The molecule has 0 aromatic carbocycles. The fourth-order valence-electron chi connectivity index (χ4n) is 0.0492. The van der Waals surface area contributed by atoms with Crippen molar-refractivity contribution in [1.82, 2.24) is 0 Å². The molecule has 5 nitrogen and oxygen atoms in total. The summed E-state index contributed by atoms with van der Waals surface area (Å²) in [6.07, 6.45) is 0. The van der Waals surface area contributed by atoms with Crippen LogP contribution in [0.25, 0.3) is 0 Å². The SMILES string of the molecule is N=C(N)C(=O)OO. The van der Waals surface area contributed by atoms with Gasteiger partial charge in [0, 0.05) is 0 Å². The molecule has 40 valence electrons. The Kier molecular flexibility index (Phi) is 1.80. The van der Waals surface area contributed by atoms with Gasteiger partial charge in [-0.3, -0.25) is 10.3 Å². The minimum Gasteiger partial charge on any atom is -0.378 e. The first kappa shape index (κ1) is 5.90. The van der Waals surface area contributed by atoms with Gasteiger partial charge < -0.3 is 5.73 Å². The molecule has 5 heteroatoms. The van der Waals surface area contributed by atoms with Crippen molar-refractivity contribution < 1.29 is 14.9 Å². The van der Waals surface area contributed by atoms with Crippen LogP contribution in [-0.2, 0) is 9.68 Å². The molecule has 7 heavy (non-hydrogen) atoms.